The first-order chi connectivity index (χ1) is 27.6. The van der Waals surface area contributed by atoms with Crippen LogP contribution in [0.1, 0.15) is 61.0 Å². The van der Waals surface area contributed by atoms with E-state index in [4.69, 9.17) is 9.98 Å². The molecule has 5 aliphatic heterocycles. The fraction of sp³-hybridized carbons (Fsp3) is 0.302. The average molecular weight is 770 g/mol. The molecule has 2 saturated heterocycles. The molecule has 4 aromatic rings. The van der Waals surface area contributed by atoms with E-state index in [1.807, 2.05) is 86.7 Å². The topological polar surface area (TPSA) is 109 Å². The summed E-state index contributed by atoms with van der Waals surface area (Å²) in [6.45, 7) is 7.64. The summed E-state index contributed by atoms with van der Waals surface area (Å²) >= 11 is 0. The van der Waals surface area contributed by atoms with Crippen LogP contribution in [0.4, 0.5) is 47.6 Å². The molecular weight excluding hydrogens is 728 g/mol. The molecule has 9 rings (SSSR count). The van der Waals surface area contributed by atoms with Crippen LogP contribution in [0, 0.1) is 13.8 Å². The van der Waals surface area contributed by atoms with Gasteiger partial charge in [0.2, 0.25) is 17.8 Å². The van der Waals surface area contributed by atoms with Crippen molar-refractivity contribution in [3.05, 3.63) is 113 Å². The minimum Gasteiger partial charge on any atom is -0.371 e. The number of nitrogens with one attached hydrogen (secondary N) is 2. The second kappa shape index (κ2) is 15.0. The van der Waals surface area contributed by atoms with Crippen molar-refractivity contribution in [2.24, 2.45) is 20.0 Å². The SMILES string of the molecule is Cc1cccc(Nc2cc(N3CCCCC3)ccc2C2=CC3=CC(c4ccc(N5CCCCC5)cc4Nc4cccc(C)n4)=NC4=NC(C(F)(F)F)=NC(=N2)N34)n1. The monoisotopic (exact) mass is 769 g/mol. The summed E-state index contributed by atoms with van der Waals surface area (Å²) in [7, 11) is 0. The Kier molecular flexibility index (Phi) is 9.55. The molecule has 0 saturated carbocycles. The third-order valence-corrected chi connectivity index (χ3v) is 10.6. The molecule has 0 aliphatic carbocycles. The number of piperidine rings is 2. The van der Waals surface area contributed by atoms with Crippen LogP contribution in [0.15, 0.2) is 111 Å². The summed E-state index contributed by atoms with van der Waals surface area (Å²) in [5.41, 5.74) is 8.00. The second-order valence-electron chi connectivity index (χ2n) is 14.8. The number of pyridine rings is 2. The largest absolute Gasteiger partial charge is 0.451 e. The zero-order valence-corrected chi connectivity index (χ0v) is 31.8. The van der Waals surface area contributed by atoms with Gasteiger partial charge in [0, 0.05) is 60.1 Å². The minimum atomic E-state index is -4.83. The van der Waals surface area contributed by atoms with Crippen LogP contribution in [-0.4, -0.2) is 70.7 Å². The van der Waals surface area contributed by atoms with E-state index >= 15 is 0 Å². The zero-order valence-electron chi connectivity index (χ0n) is 31.8. The quantitative estimate of drug-likeness (QED) is 0.184. The normalized spacial score (nSPS) is 18.1. The van der Waals surface area contributed by atoms with E-state index < -0.39 is 12.0 Å². The number of rotatable bonds is 8. The molecule has 7 heterocycles. The fourth-order valence-corrected chi connectivity index (χ4v) is 7.84. The Morgan fingerprint density at radius 2 is 1.12 bits per heavy atom. The predicted octanol–water partition coefficient (Wildman–Crippen LogP) is 9.29. The van der Waals surface area contributed by atoms with Crippen molar-refractivity contribution in [1.29, 1.82) is 0 Å². The lowest BCUT2D eigenvalue weighted by atomic mass is 10.0. The van der Waals surface area contributed by atoms with Crippen LogP contribution in [0.2, 0.25) is 0 Å². The lowest BCUT2D eigenvalue weighted by Gasteiger charge is -2.34. The van der Waals surface area contributed by atoms with E-state index in [0.29, 0.717) is 39.9 Å². The van der Waals surface area contributed by atoms with Crippen LogP contribution in [-0.2, 0) is 0 Å². The highest BCUT2D eigenvalue weighted by Crippen LogP contribution is 2.39. The highest BCUT2D eigenvalue weighted by atomic mass is 19.4. The molecule has 11 nitrogen and oxygen atoms in total. The molecule has 2 N–H and O–H groups in total. The van der Waals surface area contributed by atoms with Gasteiger partial charge in [-0.15, -0.1) is 0 Å². The fourth-order valence-electron chi connectivity index (χ4n) is 7.84. The Morgan fingerprint density at radius 1 is 0.579 bits per heavy atom. The van der Waals surface area contributed by atoms with Crippen LogP contribution in [0.5, 0.6) is 0 Å². The first-order valence-electron chi connectivity index (χ1n) is 19.5. The van der Waals surface area contributed by atoms with Crippen LogP contribution < -0.4 is 20.4 Å². The van der Waals surface area contributed by atoms with Gasteiger partial charge in [-0.25, -0.2) is 24.9 Å². The van der Waals surface area contributed by atoms with E-state index in [9.17, 15) is 13.2 Å². The minimum absolute atomic E-state index is 0.165. The van der Waals surface area contributed by atoms with Crippen molar-refractivity contribution in [2.45, 2.75) is 58.5 Å². The molecule has 0 bridgehead atoms. The van der Waals surface area contributed by atoms with Gasteiger partial charge in [-0.05, 0) is 125 Å². The van der Waals surface area contributed by atoms with Gasteiger partial charge in [0.1, 0.15) is 11.6 Å². The van der Waals surface area contributed by atoms with Gasteiger partial charge in [-0.1, -0.05) is 12.1 Å². The Labute approximate surface area is 329 Å². The summed E-state index contributed by atoms with van der Waals surface area (Å²) in [5.74, 6) is -0.361. The van der Waals surface area contributed by atoms with Gasteiger partial charge in [0.15, 0.2) is 0 Å². The van der Waals surface area contributed by atoms with Crippen LogP contribution in [0.3, 0.4) is 0 Å². The zero-order chi connectivity index (χ0) is 39.1. The number of aliphatic imine (C=N–C) groups is 4. The lowest BCUT2D eigenvalue weighted by Crippen LogP contribution is -2.44. The number of aromatic nitrogens is 2. The number of aryl methyl sites for hydroxylation is 2. The summed E-state index contributed by atoms with van der Waals surface area (Å²) in [6, 6.07) is 23.6. The van der Waals surface area contributed by atoms with Crippen LogP contribution in [0.25, 0.3) is 5.70 Å². The molecular formula is C43H42F3N11. The molecule has 0 amide bonds. The summed E-state index contributed by atoms with van der Waals surface area (Å²) in [4.78, 5) is 33.0. The first kappa shape index (κ1) is 36.3. The number of halogens is 3. The highest BCUT2D eigenvalue weighted by Gasteiger charge is 2.43. The standard InChI is InChI=1S/C43H42F3N11/c1-27-11-9-13-38(47-27)49-34-23-29(55-19-5-3-6-20-55)15-17-32(34)36-25-31-26-37(52-42-54-40(43(44,45)46)53-41(51-36)57(31)42)33-18-16-30(56-21-7-4-8-22-56)24-35(33)50-39-14-10-12-28(2)48-39/h9-18,23-26H,3-8,19-22H2,1-2H3,(H,47,49)(H,48,50). The van der Waals surface area contributed by atoms with Crippen molar-refractivity contribution in [1.82, 2.24) is 14.9 Å². The van der Waals surface area contributed by atoms with Crippen molar-refractivity contribution in [3.8, 4) is 0 Å². The number of alkyl halides is 3. The Morgan fingerprint density at radius 3 is 1.68 bits per heavy atom. The summed E-state index contributed by atoms with van der Waals surface area (Å²) < 4.78 is 43.4. The Bertz CT molecular complexity index is 2300. The lowest BCUT2D eigenvalue weighted by molar-refractivity contribution is -0.0597. The number of guanidine groups is 2. The maximum atomic E-state index is 14.5. The molecule has 0 spiro atoms. The van der Waals surface area contributed by atoms with Gasteiger partial charge in [-0.3, -0.25) is 0 Å². The third kappa shape index (κ3) is 7.63. The van der Waals surface area contributed by atoms with E-state index in [2.05, 4.69) is 52.5 Å². The Hall–Kier alpha value is -6.31. The van der Waals surface area contributed by atoms with Crippen molar-refractivity contribution < 1.29 is 13.2 Å². The molecule has 2 aromatic heterocycles. The molecule has 2 fully saturated rings. The predicted molar refractivity (Wildman–Crippen MR) is 222 cm³/mol. The second-order valence-corrected chi connectivity index (χ2v) is 14.8. The number of hydrogen-bond donors (Lipinski definition) is 2. The number of nitrogens with zero attached hydrogens (tertiary/aromatic N) is 9. The molecule has 57 heavy (non-hydrogen) atoms. The maximum absolute atomic E-state index is 14.5. The number of benzene rings is 2. The highest BCUT2D eigenvalue weighted by molar-refractivity contribution is 6.26. The summed E-state index contributed by atoms with van der Waals surface area (Å²) in [5, 5.41) is 6.98. The molecule has 5 aliphatic rings. The molecule has 0 unspecified atom stereocenters. The van der Waals surface area contributed by atoms with Gasteiger partial charge in [0.25, 0.3) is 0 Å². The van der Waals surface area contributed by atoms with Crippen LogP contribution >= 0.6 is 0 Å². The van der Waals surface area contributed by atoms with Gasteiger partial charge in [-0.2, -0.15) is 23.2 Å². The van der Waals surface area contributed by atoms with Gasteiger partial charge < -0.3 is 20.4 Å². The molecule has 0 atom stereocenters. The van der Waals surface area contributed by atoms with E-state index in [1.165, 1.54) is 17.7 Å². The van der Waals surface area contributed by atoms with E-state index in [-0.39, 0.29) is 11.9 Å². The van der Waals surface area contributed by atoms with Crippen molar-refractivity contribution in [3.63, 3.8) is 0 Å². The van der Waals surface area contributed by atoms with Crippen molar-refractivity contribution >= 4 is 63.5 Å². The Balaban J connectivity index is 1.18. The van der Waals surface area contributed by atoms with Gasteiger partial charge in [0.05, 0.1) is 28.5 Å². The van der Waals surface area contributed by atoms with Gasteiger partial charge >= 0.3 is 6.18 Å². The average Bonchev–Trinajstić information content (AvgIpc) is 3.21. The molecule has 14 heteroatoms. The molecule has 290 valence electrons. The smallest absolute Gasteiger partial charge is 0.371 e. The third-order valence-electron chi connectivity index (χ3n) is 10.6. The number of hydrogen-bond acceptors (Lipinski definition) is 11. The summed E-state index contributed by atoms with van der Waals surface area (Å²) in [6.07, 6.45) is 5.71. The maximum Gasteiger partial charge on any atom is 0.451 e. The number of amidine groups is 1. The van der Waals surface area contributed by atoms with E-state index in [0.717, 1.165) is 86.0 Å². The first-order valence-corrected chi connectivity index (χ1v) is 19.5. The number of allylic oxidation sites excluding steroid dienone is 2. The van der Waals surface area contributed by atoms with Crippen molar-refractivity contribution in [2.75, 3.05) is 46.6 Å². The molecule has 0 radical (unpaired) electrons. The number of anilines is 6. The van der Waals surface area contributed by atoms with E-state index in [1.54, 1.807) is 0 Å². The molecule has 2 aromatic carbocycles.